The van der Waals surface area contributed by atoms with Crippen LogP contribution in [0.1, 0.15) is 23.2 Å². The summed E-state index contributed by atoms with van der Waals surface area (Å²) in [6.45, 7) is 0.705. The van der Waals surface area contributed by atoms with Gasteiger partial charge in [-0.3, -0.25) is 4.79 Å². The van der Waals surface area contributed by atoms with Gasteiger partial charge in [-0.1, -0.05) is 29.8 Å². The largest absolute Gasteiger partial charge is 0.492 e. The number of halogens is 1. The van der Waals surface area contributed by atoms with Gasteiger partial charge >= 0.3 is 6.03 Å². The molecule has 2 aromatic rings. The lowest BCUT2D eigenvalue weighted by Gasteiger charge is -2.11. The van der Waals surface area contributed by atoms with Gasteiger partial charge in [-0.25, -0.2) is 4.79 Å². The molecular weight excluding hydrogens is 354 g/mol. The molecule has 0 saturated heterocycles. The lowest BCUT2D eigenvalue weighted by atomic mass is 10.2. The fraction of sp³-hybridized carbons (Fsp3) is 0.263. The van der Waals surface area contributed by atoms with Crippen LogP contribution in [0.5, 0.6) is 5.75 Å². The Kier molecular flexibility index (Phi) is 5.96. The van der Waals surface area contributed by atoms with Crippen LogP contribution >= 0.6 is 11.6 Å². The molecule has 0 aliphatic heterocycles. The maximum Gasteiger partial charge on any atom is 0.319 e. The fourth-order valence-corrected chi connectivity index (χ4v) is 2.50. The minimum absolute atomic E-state index is 0.224. The number of ether oxygens (including phenoxy) is 1. The smallest absolute Gasteiger partial charge is 0.319 e. The maximum absolute atomic E-state index is 12.2. The van der Waals surface area contributed by atoms with Crippen LogP contribution in [0.4, 0.5) is 10.5 Å². The Bertz CT molecular complexity index is 779. The molecule has 0 radical (unpaired) electrons. The first-order valence-corrected chi connectivity index (χ1v) is 8.83. The number of rotatable bonds is 7. The SMILES string of the molecule is O=C(NCCOc1ccccc1)Nc1ccc(Cl)c(C(=O)NC2CC2)c1. The Morgan fingerprint density at radius 2 is 1.88 bits per heavy atom. The molecule has 0 unspecified atom stereocenters. The second-order valence-corrected chi connectivity index (χ2v) is 6.39. The molecule has 7 heteroatoms. The van der Waals surface area contributed by atoms with E-state index in [-0.39, 0.29) is 18.0 Å². The molecule has 0 spiro atoms. The summed E-state index contributed by atoms with van der Waals surface area (Å²) in [5.41, 5.74) is 0.848. The molecular formula is C19H20ClN3O3. The Morgan fingerprint density at radius 3 is 2.62 bits per heavy atom. The van der Waals surface area contributed by atoms with Crippen molar-refractivity contribution in [1.82, 2.24) is 10.6 Å². The number of carbonyl (C=O) groups excluding carboxylic acids is 2. The Hall–Kier alpha value is -2.73. The average Bonchev–Trinajstić information content (AvgIpc) is 3.45. The van der Waals surface area contributed by atoms with Crippen molar-refractivity contribution in [2.45, 2.75) is 18.9 Å². The minimum atomic E-state index is -0.377. The molecule has 1 aliphatic carbocycles. The van der Waals surface area contributed by atoms with Gasteiger partial charge in [0.1, 0.15) is 12.4 Å². The quantitative estimate of drug-likeness (QED) is 0.650. The highest BCUT2D eigenvalue weighted by atomic mass is 35.5. The number of carbonyl (C=O) groups is 2. The summed E-state index contributed by atoms with van der Waals surface area (Å²) in [6, 6.07) is 14.0. The molecule has 1 aliphatic rings. The molecule has 1 fully saturated rings. The van der Waals surface area contributed by atoms with Crippen molar-refractivity contribution < 1.29 is 14.3 Å². The molecule has 0 heterocycles. The van der Waals surface area contributed by atoms with Crippen molar-refractivity contribution in [1.29, 1.82) is 0 Å². The first-order valence-electron chi connectivity index (χ1n) is 8.45. The molecule has 0 aromatic heterocycles. The topological polar surface area (TPSA) is 79.5 Å². The van der Waals surface area contributed by atoms with Crippen LogP contribution in [0.2, 0.25) is 5.02 Å². The van der Waals surface area contributed by atoms with E-state index in [1.165, 1.54) is 0 Å². The summed E-state index contributed by atoms with van der Waals surface area (Å²) in [4.78, 5) is 24.1. The van der Waals surface area contributed by atoms with Gasteiger partial charge in [0.15, 0.2) is 0 Å². The maximum atomic E-state index is 12.2. The van der Waals surface area contributed by atoms with Gasteiger partial charge in [-0.05, 0) is 43.2 Å². The van der Waals surface area contributed by atoms with E-state index in [4.69, 9.17) is 16.3 Å². The lowest BCUT2D eigenvalue weighted by molar-refractivity contribution is 0.0951. The summed E-state index contributed by atoms with van der Waals surface area (Å²) in [7, 11) is 0. The first-order chi connectivity index (χ1) is 12.6. The van der Waals surface area contributed by atoms with Gasteiger partial charge in [-0.15, -0.1) is 0 Å². The normalized spacial score (nSPS) is 13.0. The summed E-state index contributed by atoms with van der Waals surface area (Å²) >= 11 is 6.09. The highest BCUT2D eigenvalue weighted by Crippen LogP contribution is 2.23. The van der Waals surface area contributed by atoms with Crippen molar-refractivity contribution in [3.63, 3.8) is 0 Å². The van der Waals surface area contributed by atoms with Gasteiger partial charge < -0.3 is 20.7 Å². The molecule has 136 valence electrons. The zero-order chi connectivity index (χ0) is 18.4. The van der Waals surface area contributed by atoms with E-state index in [1.54, 1.807) is 18.2 Å². The molecule has 1 saturated carbocycles. The number of benzene rings is 2. The molecule has 2 aromatic carbocycles. The third-order valence-electron chi connectivity index (χ3n) is 3.78. The molecule has 3 rings (SSSR count). The second-order valence-electron chi connectivity index (χ2n) is 5.98. The summed E-state index contributed by atoms with van der Waals surface area (Å²) in [5, 5.41) is 8.62. The number of hydrogen-bond acceptors (Lipinski definition) is 3. The van der Waals surface area contributed by atoms with Crippen LogP contribution in [0.25, 0.3) is 0 Å². The average molecular weight is 374 g/mol. The van der Waals surface area contributed by atoms with Crippen LogP contribution in [0.3, 0.4) is 0 Å². The van der Waals surface area contributed by atoms with Gasteiger partial charge in [0.25, 0.3) is 5.91 Å². The predicted octanol–water partition coefficient (Wildman–Crippen LogP) is 3.43. The standard InChI is InChI=1S/C19H20ClN3O3/c20-17-9-8-14(12-16(17)18(24)22-13-6-7-13)23-19(25)21-10-11-26-15-4-2-1-3-5-15/h1-5,8-9,12-13H,6-7,10-11H2,(H,22,24)(H2,21,23,25). The Balaban J connectivity index is 1.46. The molecule has 0 atom stereocenters. The minimum Gasteiger partial charge on any atom is -0.492 e. The zero-order valence-electron chi connectivity index (χ0n) is 14.1. The number of hydrogen-bond donors (Lipinski definition) is 3. The molecule has 3 N–H and O–H groups in total. The van der Waals surface area contributed by atoms with Crippen LogP contribution in [0, 0.1) is 0 Å². The van der Waals surface area contributed by atoms with E-state index >= 15 is 0 Å². The fourth-order valence-electron chi connectivity index (χ4n) is 2.29. The van der Waals surface area contributed by atoms with Gasteiger partial charge in [0, 0.05) is 11.7 Å². The highest BCUT2D eigenvalue weighted by molar-refractivity contribution is 6.34. The highest BCUT2D eigenvalue weighted by Gasteiger charge is 2.24. The lowest BCUT2D eigenvalue weighted by Crippen LogP contribution is -2.32. The predicted molar refractivity (Wildman–Crippen MR) is 101 cm³/mol. The third kappa shape index (κ3) is 5.39. The second kappa shape index (κ2) is 8.58. The van der Waals surface area contributed by atoms with E-state index in [0.29, 0.717) is 29.4 Å². The zero-order valence-corrected chi connectivity index (χ0v) is 14.9. The number of amides is 3. The number of para-hydroxylation sites is 1. The first kappa shape index (κ1) is 18.1. The van der Waals surface area contributed by atoms with Gasteiger partial charge in [0.05, 0.1) is 17.1 Å². The summed E-state index contributed by atoms with van der Waals surface area (Å²) < 4.78 is 5.50. The van der Waals surface area contributed by atoms with E-state index in [9.17, 15) is 9.59 Å². The molecule has 3 amide bonds. The van der Waals surface area contributed by atoms with Crippen molar-refractivity contribution >= 4 is 29.2 Å². The van der Waals surface area contributed by atoms with Gasteiger partial charge in [0.2, 0.25) is 0 Å². The van der Waals surface area contributed by atoms with Crippen LogP contribution in [-0.4, -0.2) is 31.1 Å². The molecule has 0 bridgehead atoms. The van der Waals surface area contributed by atoms with Gasteiger partial charge in [-0.2, -0.15) is 0 Å². The van der Waals surface area contributed by atoms with Crippen molar-refractivity contribution in [2.75, 3.05) is 18.5 Å². The number of urea groups is 1. The monoisotopic (exact) mass is 373 g/mol. The number of nitrogens with one attached hydrogen (secondary N) is 3. The van der Waals surface area contributed by atoms with Crippen molar-refractivity contribution in [3.8, 4) is 5.75 Å². The van der Waals surface area contributed by atoms with E-state index in [2.05, 4.69) is 16.0 Å². The summed E-state index contributed by atoms with van der Waals surface area (Å²) in [6.07, 6.45) is 1.99. The van der Waals surface area contributed by atoms with Crippen molar-refractivity contribution in [3.05, 3.63) is 59.1 Å². The van der Waals surface area contributed by atoms with Crippen LogP contribution < -0.4 is 20.7 Å². The Labute approximate surface area is 156 Å². The van der Waals surface area contributed by atoms with Crippen LogP contribution in [-0.2, 0) is 0 Å². The van der Waals surface area contributed by atoms with E-state index in [0.717, 1.165) is 18.6 Å². The molecule has 26 heavy (non-hydrogen) atoms. The summed E-state index contributed by atoms with van der Waals surface area (Å²) in [5.74, 6) is 0.525. The number of anilines is 1. The molecule has 6 nitrogen and oxygen atoms in total. The third-order valence-corrected chi connectivity index (χ3v) is 4.11. The van der Waals surface area contributed by atoms with E-state index in [1.807, 2.05) is 30.3 Å². The Morgan fingerprint density at radius 1 is 1.12 bits per heavy atom. The van der Waals surface area contributed by atoms with Crippen molar-refractivity contribution in [2.24, 2.45) is 0 Å². The van der Waals surface area contributed by atoms with E-state index < -0.39 is 0 Å². The van der Waals surface area contributed by atoms with Crippen LogP contribution in [0.15, 0.2) is 48.5 Å².